The molecule has 1 heterocycles. The zero-order valence-electron chi connectivity index (χ0n) is 9.18. The fraction of sp³-hybridized carbons (Fsp3) is 0.333. The number of benzene rings is 1. The second kappa shape index (κ2) is 4.45. The van der Waals surface area contributed by atoms with Crippen LogP contribution < -0.4 is 5.56 Å². The van der Waals surface area contributed by atoms with Crippen LogP contribution in [0.15, 0.2) is 29.1 Å². The number of para-hydroxylation sites is 1. The zero-order chi connectivity index (χ0) is 11.5. The van der Waals surface area contributed by atoms with E-state index in [1.807, 2.05) is 25.1 Å². The summed E-state index contributed by atoms with van der Waals surface area (Å²) < 4.78 is 1.54. The van der Waals surface area contributed by atoms with Gasteiger partial charge in [0.1, 0.15) is 5.82 Å². The van der Waals surface area contributed by atoms with Crippen molar-refractivity contribution < 1.29 is 5.11 Å². The average molecular weight is 218 g/mol. The molecule has 0 aliphatic rings. The second-order valence-corrected chi connectivity index (χ2v) is 3.58. The number of hydrogen-bond acceptors (Lipinski definition) is 3. The molecule has 0 aliphatic heterocycles. The van der Waals surface area contributed by atoms with Crippen LogP contribution in [0.2, 0.25) is 0 Å². The van der Waals surface area contributed by atoms with E-state index >= 15 is 0 Å². The van der Waals surface area contributed by atoms with Gasteiger partial charge in [-0.25, -0.2) is 4.98 Å². The second-order valence-electron chi connectivity index (χ2n) is 3.58. The van der Waals surface area contributed by atoms with Gasteiger partial charge in [-0.2, -0.15) is 0 Å². The van der Waals surface area contributed by atoms with E-state index in [-0.39, 0.29) is 12.2 Å². The van der Waals surface area contributed by atoms with E-state index in [2.05, 4.69) is 4.98 Å². The van der Waals surface area contributed by atoms with Gasteiger partial charge in [0.05, 0.1) is 24.1 Å². The first-order valence-corrected chi connectivity index (χ1v) is 5.37. The Balaban J connectivity index is 2.77. The molecule has 16 heavy (non-hydrogen) atoms. The maximum atomic E-state index is 12.1. The van der Waals surface area contributed by atoms with Gasteiger partial charge >= 0.3 is 0 Å². The van der Waals surface area contributed by atoms with Crippen molar-refractivity contribution in [2.24, 2.45) is 0 Å². The Morgan fingerprint density at radius 2 is 2.12 bits per heavy atom. The molecule has 0 radical (unpaired) electrons. The summed E-state index contributed by atoms with van der Waals surface area (Å²) in [5, 5.41) is 9.55. The SMILES string of the molecule is CCc1nc2ccccc2c(=O)n1CCO. The quantitative estimate of drug-likeness (QED) is 0.834. The Morgan fingerprint density at radius 1 is 1.38 bits per heavy atom. The molecule has 0 fully saturated rings. The van der Waals surface area contributed by atoms with Crippen molar-refractivity contribution in [2.45, 2.75) is 19.9 Å². The third-order valence-electron chi connectivity index (χ3n) is 2.58. The maximum Gasteiger partial charge on any atom is 0.261 e. The van der Waals surface area contributed by atoms with Gasteiger partial charge in [0.25, 0.3) is 5.56 Å². The number of rotatable bonds is 3. The summed E-state index contributed by atoms with van der Waals surface area (Å²) in [6.07, 6.45) is 0.681. The smallest absolute Gasteiger partial charge is 0.261 e. The van der Waals surface area contributed by atoms with Crippen LogP contribution in [0.3, 0.4) is 0 Å². The molecule has 1 aromatic carbocycles. The Morgan fingerprint density at radius 3 is 2.81 bits per heavy atom. The molecule has 1 N–H and O–H groups in total. The van der Waals surface area contributed by atoms with Crippen molar-refractivity contribution in [3.05, 3.63) is 40.4 Å². The molecule has 4 heteroatoms. The molecule has 0 saturated heterocycles. The summed E-state index contributed by atoms with van der Waals surface area (Å²) in [5.74, 6) is 0.720. The Labute approximate surface area is 93.2 Å². The lowest BCUT2D eigenvalue weighted by atomic mass is 10.2. The van der Waals surface area contributed by atoms with Crippen LogP contribution >= 0.6 is 0 Å². The summed E-state index contributed by atoms with van der Waals surface area (Å²) in [6.45, 7) is 2.21. The molecule has 0 atom stereocenters. The Bertz CT molecular complexity index is 560. The zero-order valence-corrected chi connectivity index (χ0v) is 9.18. The van der Waals surface area contributed by atoms with E-state index in [9.17, 15) is 4.79 Å². The first-order chi connectivity index (χ1) is 7.77. The lowest BCUT2D eigenvalue weighted by Gasteiger charge is -2.10. The van der Waals surface area contributed by atoms with Crippen LogP contribution in [-0.2, 0) is 13.0 Å². The first-order valence-electron chi connectivity index (χ1n) is 5.37. The monoisotopic (exact) mass is 218 g/mol. The normalized spacial score (nSPS) is 10.9. The molecule has 0 spiro atoms. The highest BCUT2D eigenvalue weighted by molar-refractivity contribution is 5.77. The molecule has 0 aliphatic carbocycles. The van der Waals surface area contributed by atoms with Gasteiger partial charge in [-0.3, -0.25) is 9.36 Å². The van der Waals surface area contributed by atoms with E-state index < -0.39 is 0 Å². The fourth-order valence-electron chi connectivity index (χ4n) is 1.81. The van der Waals surface area contributed by atoms with Gasteiger partial charge in [0.2, 0.25) is 0 Å². The van der Waals surface area contributed by atoms with E-state index in [0.29, 0.717) is 18.4 Å². The lowest BCUT2D eigenvalue weighted by molar-refractivity contribution is 0.272. The van der Waals surface area contributed by atoms with E-state index in [4.69, 9.17) is 5.11 Å². The van der Waals surface area contributed by atoms with Gasteiger partial charge in [0.15, 0.2) is 0 Å². The Hall–Kier alpha value is -1.68. The number of aliphatic hydroxyl groups is 1. The highest BCUT2D eigenvalue weighted by atomic mass is 16.3. The Kier molecular flexibility index (Phi) is 3.01. The molecular formula is C12H14N2O2. The van der Waals surface area contributed by atoms with Crippen molar-refractivity contribution in [3.63, 3.8) is 0 Å². The third-order valence-corrected chi connectivity index (χ3v) is 2.58. The molecule has 2 rings (SSSR count). The maximum absolute atomic E-state index is 12.1. The van der Waals surface area contributed by atoms with Gasteiger partial charge in [-0.1, -0.05) is 19.1 Å². The van der Waals surface area contributed by atoms with Crippen molar-refractivity contribution in [2.75, 3.05) is 6.61 Å². The highest BCUT2D eigenvalue weighted by Gasteiger charge is 2.08. The van der Waals surface area contributed by atoms with Crippen molar-refractivity contribution in [3.8, 4) is 0 Å². The summed E-state index contributed by atoms with van der Waals surface area (Å²) >= 11 is 0. The fourth-order valence-corrected chi connectivity index (χ4v) is 1.81. The minimum absolute atomic E-state index is 0.0487. The molecule has 0 unspecified atom stereocenters. The number of aliphatic hydroxyl groups excluding tert-OH is 1. The van der Waals surface area contributed by atoms with Gasteiger partial charge in [-0.15, -0.1) is 0 Å². The summed E-state index contributed by atoms with van der Waals surface area (Å²) in [5.41, 5.74) is 0.648. The first kappa shape index (κ1) is 10.8. The molecule has 84 valence electrons. The molecule has 1 aromatic heterocycles. The number of aromatic nitrogens is 2. The third kappa shape index (κ3) is 1.72. The average Bonchev–Trinajstić information content (AvgIpc) is 2.33. The largest absolute Gasteiger partial charge is 0.395 e. The topological polar surface area (TPSA) is 55.1 Å². The minimum Gasteiger partial charge on any atom is -0.395 e. The van der Waals surface area contributed by atoms with Gasteiger partial charge in [0, 0.05) is 6.42 Å². The van der Waals surface area contributed by atoms with Crippen LogP contribution in [0.25, 0.3) is 10.9 Å². The van der Waals surface area contributed by atoms with Crippen molar-refractivity contribution in [1.29, 1.82) is 0 Å². The molecule has 0 saturated carbocycles. The molecular weight excluding hydrogens is 204 g/mol. The highest BCUT2D eigenvalue weighted by Crippen LogP contribution is 2.08. The van der Waals surface area contributed by atoms with Crippen molar-refractivity contribution >= 4 is 10.9 Å². The predicted octanol–water partition coefficient (Wildman–Crippen LogP) is 0.951. The predicted molar refractivity (Wildman–Crippen MR) is 62.5 cm³/mol. The van der Waals surface area contributed by atoms with Crippen LogP contribution in [0.4, 0.5) is 0 Å². The molecule has 2 aromatic rings. The van der Waals surface area contributed by atoms with Crippen LogP contribution in [0.5, 0.6) is 0 Å². The lowest BCUT2D eigenvalue weighted by Crippen LogP contribution is -2.26. The summed E-state index contributed by atoms with van der Waals surface area (Å²) in [6, 6.07) is 7.28. The number of hydrogen-bond donors (Lipinski definition) is 1. The number of fused-ring (bicyclic) bond motifs is 1. The van der Waals surface area contributed by atoms with Crippen LogP contribution in [0.1, 0.15) is 12.7 Å². The summed E-state index contributed by atoms with van der Waals surface area (Å²) in [4.78, 5) is 16.5. The molecule has 0 bridgehead atoms. The van der Waals surface area contributed by atoms with Crippen molar-refractivity contribution in [1.82, 2.24) is 9.55 Å². The van der Waals surface area contributed by atoms with Crippen LogP contribution in [-0.4, -0.2) is 21.3 Å². The molecule has 0 amide bonds. The van der Waals surface area contributed by atoms with E-state index in [1.54, 1.807) is 10.6 Å². The van der Waals surface area contributed by atoms with E-state index in [1.165, 1.54) is 0 Å². The van der Waals surface area contributed by atoms with Gasteiger partial charge < -0.3 is 5.11 Å². The van der Waals surface area contributed by atoms with Gasteiger partial charge in [-0.05, 0) is 12.1 Å². The standard InChI is InChI=1S/C12H14N2O2/c1-2-11-13-10-6-4-3-5-9(10)12(16)14(11)7-8-15/h3-6,15H,2,7-8H2,1H3. The molecule has 4 nitrogen and oxygen atoms in total. The number of nitrogens with zero attached hydrogens (tertiary/aromatic N) is 2. The summed E-state index contributed by atoms with van der Waals surface area (Å²) in [7, 11) is 0. The van der Waals surface area contributed by atoms with E-state index in [0.717, 1.165) is 11.3 Å². The van der Waals surface area contributed by atoms with Crippen LogP contribution in [0, 0.1) is 0 Å². The minimum atomic E-state index is -0.0727. The number of aryl methyl sites for hydroxylation is 1.